The number of hydrogen-bond acceptors (Lipinski definition) is 6. The molecule has 1 rings (SSSR count). The average molecular weight is 354 g/mol. The molecule has 0 heterocycles. The summed E-state index contributed by atoms with van der Waals surface area (Å²) in [5, 5.41) is 11.9. The van der Waals surface area contributed by atoms with Crippen LogP contribution in [0.1, 0.15) is 23.6 Å². The zero-order valence-corrected chi connectivity index (χ0v) is 15.4. The Hall–Kier alpha value is -1.73. The number of hydrogen-bond donors (Lipinski definition) is 3. The Morgan fingerprint density at radius 2 is 1.88 bits per heavy atom. The van der Waals surface area contributed by atoms with Gasteiger partial charge in [-0.1, -0.05) is 17.7 Å². The van der Waals surface area contributed by atoms with Gasteiger partial charge in [0.2, 0.25) is 0 Å². The van der Waals surface area contributed by atoms with E-state index in [2.05, 4.69) is 17.4 Å². The van der Waals surface area contributed by atoms with Crippen molar-refractivity contribution in [3.05, 3.63) is 28.8 Å². The largest absolute Gasteiger partial charge is 0.480 e. The molecule has 0 saturated heterocycles. The molecule has 2 atom stereocenters. The summed E-state index contributed by atoms with van der Waals surface area (Å²) in [4.78, 5) is 22.6. The van der Waals surface area contributed by atoms with E-state index < -0.39 is 18.1 Å². The number of thioether (sulfide) groups is 1. The molecule has 0 aromatic heterocycles. The third-order valence-corrected chi connectivity index (χ3v) is 4.53. The van der Waals surface area contributed by atoms with Crippen molar-refractivity contribution in [2.24, 2.45) is 5.73 Å². The van der Waals surface area contributed by atoms with Crippen LogP contribution in [0, 0.1) is 20.8 Å². The highest BCUT2D eigenvalue weighted by Gasteiger charge is 2.16. The number of anilines is 1. The summed E-state index contributed by atoms with van der Waals surface area (Å²) in [5.41, 5.74) is 9.70. The van der Waals surface area contributed by atoms with E-state index in [1.807, 2.05) is 20.8 Å². The fourth-order valence-electron chi connectivity index (χ4n) is 2.29. The maximum Gasteiger partial charge on any atom is 0.328 e. The van der Waals surface area contributed by atoms with Crippen LogP contribution in [0.2, 0.25) is 0 Å². The first-order valence-corrected chi connectivity index (χ1v) is 8.95. The Labute approximate surface area is 147 Å². The summed E-state index contributed by atoms with van der Waals surface area (Å²) < 4.78 is 5.21. The smallest absolute Gasteiger partial charge is 0.328 e. The van der Waals surface area contributed by atoms with Gasteiger partial charge in [-0.05, 0) is 38.8 Å². The van der Waals surface area contributed by atoms with Crippen molar-refractivity contribution in [3.63, 3.8) is 0 Å². The summed E-state index contributed by atoms with van der Waals surface area (Å²) in [6.45, 7) is 8.03. The fraction of sp³-hybridized carbons (Fsp3) is 0.529. The normalized spacial score (nSPS) is 13.2. The lowest BCUT2D eigenvalue weighted by Crippen LogP contribution is -2.33. The number of nitrogens with two attached hydrogens (primary N) is 1. The van der Waals surface area contributed by atoms with E-state index in [4.69, 9.17) is 15.6 Å². The highest BCUT2D eigenvalue weighted by Crippen LogP contribution is 2.22. The topological polar surface area (TPSA) is 102 Å². The van der Waals surface area contributed by atoms with Crippen molar-refractivity contribution in [2.45, 2.75) is 39.8 Å². The van der Waals surface area contributed by atoms with Crippen LogP contribution in [0.15, 0.2) is 12.1 Å². The molecule has 7 heteroatoms. The number of carbonyl (C=O) groups is 2. The van der Waals surface area contributed by atoms with E-state index in [0.29, 0.717) is 11.5 Å². The Balaban J connectivity index is 2.39. The average Bonchev–Trinajstić information content (AvgIpc) is 2.49. The molecule has 0 radical (unpaired) electrons. The van der Waals surface area contributed by atoms with Gasteiger partial charge in [-0.3, -0.25) is 4.79 Å². The first-order chi connectivity index (χ1) is 11.2. The molecule has 0 aliphatic carbocycles. The van der Waals surface area contributed by atoms with Gasteiger partial charge in [0.15, 0.2) is 0 Å². The minimum Gasteiger partial charge on any atom is -0.480 e. The zero-order chi connectivity index (χ0) is 18.3. The Morgan fingerprint density at radius 3 is 2.42 bits per heavy atom. The maximum atomic E-state index is 12.0. The van der Waals surface area contributed by atoms with Crippen molar-refractivity contribution in [2.75, 3.05) is 23.4 Å². The minimum absolute atomic E-state index is 0.230. The monoisotopic (exact) mass is 354 g/mol. The van der Waals surface area contributed by atoms with Gasteiger partial charge < -0.3 is 20.9 Å². The van der Waals surface area contributed by atoms with Crippen LogP contribution in [0.4, 0.5) is 5.69 Å². The Morgan fingerprint density at radius 1 is 1.29 bits per heavy atom. The standard InChI is InChI=1S/C17H26N2O4S/c1-10-7-11(2)15(12(3)8-10)19-13(4)17(22)23-5-6-24-9-14(18)16(20)21/h7-8,13-14,19H,5-6,9,18H2,1-4H3,(H,20,21)/t13-,14?/m0/s1. The SMILES string of the molecule is Cc1cc(C)c(N[C@@H](C)C(=O)OCCSCC(N)C(=O)O)c(C)c1. The highest BCUT2D eigenvalue weighted by atomic mass is 32.2. The second-order valence-corrected chi connectivity index (χ2v) is 6.98. The molecule has 1 aromatic carbocycles. The number of carboxylic acid groups (broad SMARTS) is 1. The van der Waals surface area contributed by atoms with Gasteiger partial charge in [0.05, 0.1) is 0 Å². The highest BCUT2D eigenvalue weighted by molar-refractivity contribution is 7.99. The molecule has 4 N–H and O–H groups in total. The number of aryl methyl sites for hydroxylation is 3. The number of aliphatic carboxylic acids is 1. The third kappa shape index (κ3) is 6.41. The molecule has 0 spiro atoms. The molecule has 0 fully saturated rings. The third-order valence-electron chi connectivity index (χ3n) is 3.48. The molecule has 0 aliphatic rings. The molecule has 0 amide bonds. The number of rotatable bonds is 9. The van der Waals surface area contributed by atoms with Gasteiger partial charge in [-0.2, -0.15) is 11.8 Å². The molecule has 6 nitrogen and oxygen atoms in total. The van der Waals surface area contributed by atoms with Crippen LogP contribution in [0.5, 0.6) is 0 Å². The number of carbonyl (C=O) groups excluding carboxylic acids is 1. The van der Waals surface area contributed by atoms with Gasteiger partial charge in [-0.15, -0.1) is 0 Å². The van der Waals surface area contributed by atoms with Gasteiger partial charge in [0, 0.05) is 17.2 Å². The van der Waals surface area contributed by atoms with Gasteiger partial charge >= 0.3 is 11.9 Å². The van der Waals surface area contributed by atoms with Gasteiger partial charge in [0.1, 0.15) is 18.7 Å². The minimum atomic E-state index is -1.03. The lowest BCUT2D eigenvalue weighted by molar-refractivity contribution is -0.143. The maximum absolute atomic E-state index is 12.0. The summed E-state index contributed by atoms with van der Waals surface area (Å²) in [6, 6.07) is 2.78. The van der Waals surface area contributed by atoms with Crippen molar-refractivity contribution < 1.29 is 19.4 Å². The van der Waals surface area contributed by atoms with Crippen molar-refractivity contribution in [1.29, 1.82) is 0 Å². The van der Waals surface area contributed by atoms with Crippen LogP contribution >= 0.6 is 11.8 Å². The molecular formula is C17H26N2O4S. The summed E-state index contributed by atoms with van der Waals surface area (Å²) in [7, 11) is 0. The molecule has 0 bridgehead atoms. The molecule has 1 unspecified atom stereocenters. The number of carboxylic acids is 1. The zero-order valence-electron chi connectivity index (χ0n) is 14.6. The first kappa shape index (κ1) is 20.3. The molecule has 24 heavy (non-hydrogen) atoms. The van der Waals surface area contributed by atoms with Crippen LogP contribution < -0.4 is 11.1 Å². The van der Waals surface area contributed by atoms with E-state index in [1.54, 1.807) is 6.92 Å². The second-order valence-electron chi connectivity index (χ2n) is 5.83. The van der Waals surface area contributed by atoms with Crippen LogP contribution in [-0.2, 0) is 14.3 Å². The van der Waals surface area contributed by atoms with Crippen LogP contribution in [0.3, 0.4) is 0 Å². The summed E-state index contributed by atoms with van der Waals surface area (Å²) in [5.74, 6) is -0.552. The van der Waals surface area contributed by atoms with Crippen LogP contribution in [-0.4, -0.2) is 47.2 Å². The Bertz CT molecular complexity index is 569. The Kier molecular flexibility index (Phi) is 8.07. The predicted molar refractivity (Wildman–Crippen MR) is 97.6 cm³/mol. The van der Waals surface area contributed by atoms with E-state index in [1.165, 1.54) is 17.3 Å². The van der Waals surface area contributed by atoms with Crippen molar-refractivity contribution in [3.8, 4) is 0 Å². The van der Waals surface area contributed by atoms with E-state index in [9.17, 15) is 9.59 Å². The van der Waals surface area contributed by atoms with Gasteiger partial charge in [0.25, 0.3) is 0 Å². The summed E-state index contributed by atoms with van der Waals surface area (Å²) in [6.07, 6.45) is 0. The number of nitrogens with one attached hydrogen (secondary N) is 1. The fourth-order valence-corrected chi connectivity index (χ4v) is 3.06. The molecule has 1 aromatic rings. The van der Waals surface area contributed by atoms with E-state index in [0.717, 1.165) is 16.8 Å². The summed E-state index contributed by atoms with van der Waals surface area (Å²) >= 11 is 1.35. The lowest BCUT2D eigenvalue weighted by Gasteiger charge is -2.18. The lowest BCUT2D eigenvalue weighted by atomic mass is 10.0. The molecular weight excluding hydrogens is 328 g/mol. The molecule has 0 aliphatic heterocycles. The number of benzene rings is 1. The van der Waals surface area contributed by atoms with Crippen molar-refractivity contribution in [1.82, 2.24) is 0 Å². The predicted octanol–water partition coefficient (Wildman–Crippen LogP) is 2.10. The number of esters is 1. The number of ether oxygens (including phenoxy) is 1. The molecule has 0 saturated carbocycles. The quantitative estimate of drug-likeness (QED) is 0.461. The van der Waals surface area contributed by atoms with Gasteiger partial charge in [-0.25, -0.2) is 4.79 Å². The molecule has 134 valence electrons. The first-order valence-electron chi connectivity index (χ1n) is 7.79. The van der Waals surface area contributed by atoms with E-state index in [-0.39, 0.29) is 12.6 Å². The van der Waals surface area contributed by atoms with Crippen LogP contribution in [0.25, 0.3) is 0 Å². The second kappa shape index (κ2) is 9.54. The van der Waals surface area contributed by atoms with E-state index >= 15 is 0 Å². The van der Waals surface area contributed by atoms with Crippen molar-refractivity contribution >= 4 is 29.4 Å².